The second-order valence-corrected chi connectivity index (χ2v) is 16.5. The van der Waals surface area contributed by atoms with E-state index in [9.17, 15) is 0 Å². The van der Waals surface area contributed by atoms with Crippen LogP contribution in [0.2, 0.25) is 0 Å². The van der Waals surface area contributed by atoms with Crippen LogP contribution in [0.5, 0.6) is 0 Å². The van der Waals surface area contributed by atoms with Crippen LogP contribution in [0.3, 0.4) is 0 Å². The van der Waals surface area contributed by atoms with E-state index >= 15 is 0 Å². The Labute approximate surface area is 91.8 Å². The Morgan fingerprint density at radius 3 is 1.00 bits per heavy atom. The molecule has 0 N–H and O–H groups in total. The van der Waals surface area contributed by atoms with Gasteiger partial charge >= 0.3 is 91.3 Å². The fourth-order valence-corrected chi connectivity index (χ4v) is 10.7. The van der Waals surface area contributed by atoms with Gasteiger partial charge in [0, 0.05) is 0 Å². The summed E-state index contributed by atoms with van der Waals surface area (Å²) < 4.78 is 0. The van der Waals surface area contributed by atoms with Gasteiger partial charge in [0.1, 0.15) is 0 Å². The van der Waals surface area contributed by atoms with E-state index in [0.717, 1.165) is 0 Å². The minimum atomic E-state index is -1.44. The number of hydrogen-bond donors (Lipinski definition) is 0. The fourth-order valence-electron chi connectivity index (χ4n) is 3.57. The van der Waals surface area contributed by atoms with Gasteiger partial charge in [-0.25, -0.2) is 0 Å². The van der Waals surface area contributed by atoms with Crippen LogP contribution in [0, 0.1) is 10.8 Å². The molecule has 0 aromatic rings. The van der Waals surface area contributed by atoms with Gasteiger partial charge in [0.2, 0.25) is 0 Å². The van der Waals surface area contributed by atoms with Crippen molar-refractivity contribution in [1.29, 1.82) is 0 Å². The molecule has 0 nitrogen and oxygen atoms in total. The Hall–Kier alpha value is 0.430. The zero-order valence-electron chi connectivity index (χ0n) is 11.9. The molecule has 0 bridgehead atoms. The van der Waals surface area contributed by atoms with Crippen LogP contribution in [-0.2, 0) is 0 Å². The Morgan fingerprint density at radius 2 is 0.857 bits per heavy atom. The van der Waals surface area contributed by atoms with Crippen LogP contribution in [0.4, 0.5) is 0 Å². The van der Waals surface area contributed by atoms with Crippen LogP contribution < -0.4 is 0 Å². The van der Waals surface area contributed by atoms with Crippen molar-refractivity contribution in [1.82, 2.24) is 0 Å². The normalized spacial score (nSPS) is 17.6. The average Bonchev–Trinajstić information content (AvgIpc) is 1.39. The SMILES string of the molecule is CC(C)(C)CP(C)(C)(C)CC(C)(C)C. The Kier molecular flexibility index (Phi) is 3.58. The molecular weight excluding hydrogens is 187 g/mol. The molecule has 0 saturated carbocycles. The average molecular weight is 218 g/mol. The molecule has 0 aromatic carbocycles. The Bertz CT molecular complexity index is 172. The molecule has 0 aliphatic heterocycles. The molecule has 0 aliphatic rings. The van der Waals surface area contributed by atoms with Gasteiger partial charge in [-0.3, -0.25) is 0 Å². The molecule has 0 amide bonds. The van der Waals surface area contributed by atoms with Crippen LogP contribution in [-0.4, -0.2) is 32.3 Å². The van der Waals surface area contributed by atoms with Crippen LogP contribution in [0.15, 0.2) is 0 Å². The van der Waals surface area contributed by atoms with E-state index in [4.69, 9.17) is 0 Å². The summed E-state index contributed by atoms with van der Waals surface area (Å²) in [5, 5.41) is 0. The molecule has 0 spiro atoms. The first-order valence-corrected chi connectivity index (χ1v) is 9.63. The monoisotopic (exact) mass is 218 g/mol. The summed E-state index contributed by atoms with van der Waals surface area (Å²) in [7, 11) is 0. The van der Waals surface area contributed by atoms with Gasteiger partial charge < -0.3 is 0 Å². The summed E-state index contributed by atoms with van der Waals surface area (Å²) in [4.78, 5) is 0. The van der Waals surface area contributed by atoms with Crippen molar-refractivity contribution >= 4 is 6.60 Å². The molecular formula is C13H31P. The van der Waals surface area contributed by atoms with Crippen molar-refractivity contribution in [3.05, 3.63) is 0 Å². The molecule has 88 valence electrons. The summed E-state index contributed by atoms with van der Waals surface area (Å²) in [5.41, 5.74) is 0.947. The third-order valence-electron chi connectivity index (χ3n) is 2.12. The first-order valence-electron chi connectivity index (χ1n) is 5.68. The van der Waals surface area contributed by atoms with Crippen molar-refractivity contribution in [2.75, 3.05) is 32.3 Å². The molecule has 14 heavy (non-hydrogen) atoms. The Morgan fingerprint density at radius 1 is 0.643 bits per heavy atom. The maximum absolute atomic E-state index is 2.54. The van der Waals surface area contributed by atoms with Gasteiger partial charge in [-0.1, -0.05) is 0 Å². The van der Waals surface area contributed by atoms with Gasteiger partial charge in [-0.15, -0.1) is 0 Å². The molecule has 0 unspecified atom stereocenters. The predicted octanol–water partition coefficient (Wildman–Crippen LogP) is 4.52. The van der Waals surface area contributed by atoms with Crippen molar-refractivity contribution in [3.8, 4) is 0 Å². The maximum atomic E-state index is 2.54. The summed E-state index contributed by atoms with van der Waals surface area (Å²) in [6.07, 6.45) is 2.80. The minimum absolute atomic E-state index is 0.474. The summed E-state index contributed by atoms with van der Waals surface area (Å²) in [6, 6.07) is 0. The van der Waals surface area contributed by atoms with Gasteiger partial charge in [-0.2, -0.15) is 0 Å². The third-order valence-corrected chi connectivity index (χ3v) is 6.36. The van der Waals surface area contributed by atoms with Gasteiger partial charge in [0.15, 0.2) is 0 Å². The van der Waals surface area contributed by atoms with Gasteiger partial charge in [0.05, 0.1) is 0 Å². The second kappa shape index (κ2) is 3.48. The Balaban J connectivity index is 4.70. The third kappa shape index (κ3) is 7.80. The summed E-state index contributed by atoms with van der Waals surface area (Å²) >= 11 is 0. The first-order chi connectivity index (χ1) is 5.68. The first kappa shape index (κ1) is 14.4. The van der Waals surface area contributed by atoms with Crippen LogP contribution in [0.25, 0.3) is 0 Å². The molecule has 0 aromatic heterocycles. The predicted molar refractivity (Wildman–Crippen MR) is 73.3 cm³/mol. The van der Waals surface area contributed by atoms with E-state index in [1.54, 1.807) is 0 Å². The van der Waals surface area contributed by atoms with E-state index in [1.807, 2.05) is 0 Å². The topological polar surface area (TPSA) is 0 Å². The van der Waals surface area contributed by atoms with E-state index in [0.29, 0.717) is 10.8 Å². The fraction of sp³-hybridized carbons (Fsp3) is 1.00. The molecule has 0 fully saturated rings. The van der Waals surface area contributed by atoms with E-state index in [-0.39, 0.29) is 0 Å². The van der Waals surface area contributed by atoms with Gasteiger partial charge in [-0.05, 0) is 0 Å². The van der Waals surface area contributed by atoms with E-state index < -0.39 is 6.60 Å². The molecule has 0 rings (SSSR count). The van der Waals surface area contributed by atoms with E-state index in [1.165, 1.54) is 12.3 Å². The molecule has 0 atom stereocenters. The van der Waals surface area contributed by atoms with E-state index in [2.05, 4.69) is 61.5 Å². The molecule has 0 aliphatic carbocycles. The van der Waals surface area contributed by atoms with Gasteiger partial charge in [0.25, 0.3) is 0 Å². The molecule has 0 saturated heterocycles. The van der Waals surface area contributed by atoms with Crippen LogP contribution >= 0.6 is 6.60 Å². The number of hydrogen-bond acceptors (Lipinski definition) is 0. The van der Waals surface area contributed by atoms with Crippen LogP contribution in [0.1, 0.15) is 41.5 Å². The quantitative estimate of drug-likeness (QED) is 0.598. The zero-order valence-corrected chi connectivity index (χ0v) is 12.8. The summed E-state index contributed by atoms with van der Waals surface area (Å²) in [5.74, 6) is 0. The number of rotatable bonds is 2. The molecule has 1 heteroatoms. The molecule has 0 radical (unpaired) electrons. The second-order valence-electron chi connectivity index (χ2n) is 8.90. The standard InChI is InChI=1S/C13H31P/c1-12(2,3)10-14(7,8,9)11-13(4,5)6/h10-11H2,1-9H3. The van der Waals surface area contributed by atoms with Crippen molar-refractivity contribution in [2.45, 2.75) is 41.5 Å². The summed E-state index contributed by atoms with van der Waals surface area (Å²) in [6.45, 7) is 20.4. The van der Waals surface area contributed by atoms with Crippen molar-refractivity contribution in [2.24, 2.45) is 10.8 Å². The van der Waals surface area contributed by atoms with Crippen molar-refractivity contribution in [3.63, 3.8) is 0 Å². The zero-order chi connectivity index (χ0) is 11.9. The molecule has 0 heterocycles. The van der Waals surface area contributed by atoms with Crippen molar-refractivity contribution < 1.29 is 0 Å².